The van der Waals surface area contributed by atoms with Crippen molar-refractivity contribution in [2.45, 2.75) is 6.42 Å². The van der Waals surface area contributed by atoms with Crippen LogP contribution in [0, 0.1) is 5.82 Å². The maximum Gasteiger partial charge on any atom is 0.319 e. The van der Waals surface area contributed by atoms with Crippen LogP contribution in [0.15, 0.2) is 46.9 Å². The molecule has 0 heterocycles. The fourth-order valence-corrected chi connectivity index (χ4v) is 2.22. The van der Waals surface area contributed by atoms with Crippen LogP contribution in [0.4, 0.5) is 14.9 Å². The summed E-state index contributed by atoms with van der Waals surface area (Å²) in [5, 5.41) is 14.6. The van der Waals surface area contributed by atoms with E-state index in [2.05, 4.69) is 26.6 Å². The van der Waals surface area contributed by atoms with Crippen LogP contribution in [0.5, 0.6) is 5.75 Å². The van der Waals surface area contributed by atoms with Crippen molar-refractivity contribution in [3.05, 3.63) is 58.3 Å². The lowest BCUT2D eigenvalue weighted by Gasteiger charge is -2.10. The molecule has 0 spiro atoms. The van der Waals surface area contributed by atoms with Crippen LogP contribution in [0.25, 0.3) is 0 Å². The second kappa shape index (κ2) is 7.08. The first-order valence-corrected chi connectivity index (χ1v) is 7.12. The maximum atomic E-state index is 13.3. The third-order valence-corrected chi connectivity index (χ3v) is 3.28. The number of carbonyl (C=O) groups is 1. The number of phenols is 1. The van der Waals surface area contributed by atoms with Gasteiger partial charge in [-0.2, -0.15) is 0 Å². The van der Waals surface area contributed by atoms with Crippen LogP contribution >= 0.6 is 15.9 Å². The first-order chi connectivity index (χ1) is 10.1. The quantitative estimate of drug-likeness (QED) is 0.735. The highest BCUT2D eigenvalue weighted by Gasteiger charge is 2.11. The van der Waals surface area contributed by atoms with Crippen molar-refractivity contribution in [1.29, 1.82) is 0 Å². The van der Waals surface area contributed by atoms with Crippen LogP contribution in [-0.4, -0.2) is 17.7 Å². The van der Waals surface area contributed by atoms with Crippen molar-refractivity contribution in [1.82, 2.24) is 5.32 Å². The molecule has 2 amide bonds. The van der Waals surface area contributed by atoms with Gasteiger partial charge in [-0.15, -0.1) is 0 Å². The Morgan fingerprint density at radius 2 is 1.95 bits per heavy atom. The standard InChI is InChI=1S/C15H14BrFN2O2/c16-11-8-12(17)14(20)13(9-11)19-15(21)18-7-6-10-4-2-1-3-5-10/h1-5,8-9,20H,6-7H2,(H2,18,19,21). The lowest BCUT2D eigenvalue weighted by atomic mass is 10.1. The lowest BCUT2D eigenvalue weighted by molar-refractivity contribution is 0.252. The number of urea groups is 1. The van der Waals surface area contributed by atoms with Gasteiger partial charge in [-0.05, 0) is 24.1 Å². The normalized spacial score (nSPS) is 10.2. The average molecular weight is 353 g/mol. The van der Waals surface area contributed by atoms with Crippen LogP contribution in [0.2, 0.25) is 0 Å². The molecule has 2 aromatic carbocycles. The molecular weight excluding hydrogens is 339 g/mol. The summed E-state index contributed by atoms with van der Waals surface area (Å²) in [7, 11) is 0. The van der Waals surface area contributed by atoms with Gasteiger partial charge in [0.05, 0.1) is 5.69 Å². The van der Waals surface area contributed by atoms with E-state index in [1.807, 2.05) is 30.3 Å². The zero-order valence-corrected chi connectivity index (χ0v) is 12.7. The van der Waals surface area contributed by atoms with Gasteiger partial charge in [0.25, 0.3) is 0 Å². The van der Waals surface area contributed by atoms with E-state index in [0.717, 1.165) is 11.6 Å². The summed E-state index contributed by atoms with van der Waals surface area (Å²) in [4.78, 5) is 11.7. The third-order valence-electron chi connectivity index (χ3n) is 2.82. The van der Waals surface area contributed by atoms with Crippen molar-refractivity contribution in [3.8, 4) is 5.75 Å². The Hall–Kier alpha value is -2.08. The molecule has 0 aliphatic heterocycles. The largest absolute Gasteiger partial charge is 0.503 e. The molecular formula is C15H14BrFN2O2. The highest BCUT2D eigenvalue weighted by atomic mass is 79.9. The molecule has 0 bridgehead atoms. The summed E-state index contributed by atoms with van der Waals surface area (Å²) in [5.74, 6) is -1.39. The molecule has 0 unspecified atom stereocenters. The molecule has 0 saturated heterocycles. The Bertz CT molecular complexity index is 635. The number of amides is 2. The first-order valence-electron chi connectivity index (χ1n) is 6.33. The predicted molar refractivity (Wildman–Crippen MR) is 82.9 cm³/mol. The minimum Gasteiger partial charge on any atom is -0.503 e. The van der Waals surface area contributed by atoms with Gasteiger partial charge in [-0.3, -0.25) is 0 Å². The van der Waals surface area contributed by atoms with Crippen LogP contribution in [-0.2, 0) is 6.42 Å². The van der Waals surface area contributed by atoms with E-state index in [1.165, 1.54) is 6.07 Å². The molecule has 21 heavy (non-hydrogen) atoms. The number of hydrogen-bond donors (Lipinski definition) is 3. The zero-order valence-electron chi connectivity index (χ0n) is 11.1. The molecule has 0 aromatic heterocycles. The van der Waals surface area contributed by atoms with Gasteiger partial charge < -0.3 is 15.7 Å². The monoisotopic (exact) mass is 352 g/mol. The number of benzene rings is 2. The molecule has 6 heteroatoms. The summed E-state index contributed by atoms with van der Waals surface area (Å²) in [6.45, 7) is 0.438. The Morgan fingerprint density at radius 1 is 1.24 bits per heavy atom. The highest BCUT2D eigenvalue weighted by Crippen LogP contribution is 2.30. The fourth-order valence-electron chi connectivity index (χ4n) is 1.79. The molecule has 4 nitrogen and oxygen atoms in total. The van der Waals surface area contributed by atoms with Crippen molar-refractivity contribution in [2.75, 3.05) is 11.9 Å². The summed E-state index contributed by atoms with van der Waals surface area (Å²) in [6, 6.07) is 11.8. The average Bonchev–Trinajstić information content (AvgIpc) is 2.45. The number of rotatable bonds is 4. The van der Waals surface area contributed by atoms with Gasteiger partial charge in [0.2, 0.25) is 0 Å². The van der Waals surface area contributed by atoms with Gasteiger partial charge >= 0.3 is 6.03 Å². The predicted octanol–water partition coefficient (Wildman–Crippen LogP) is 3.66. The SMILES string of the molecule is O=C(NCCc1ccccc1)Nc1cc(Br)cc(F)c1O. The second-order valence-electron chi connectivity index (χ2n) is 4.40. The molecule has 110 valence electrons. The Kier molecular flexibility index (Phi) is 5.16. The third kappa shape index (κ3) is 4.46. The van der Waals surface area contributed by atoms with Gasteiger partial charge in [-0.1, -0.05) is 46.3 Å². The van der Waals surface area contributed by atoms with E-state index in [1.54, 1.807) is 0 Å². The molecule has 0 atom stereocenters. The summed E-state index contributed by atoms with van der Waals surface area (Å²) < 4.78 is 13.7. The molecule has 2 rings (SSSR count). The van der Waals surface area contributed by atoms with Gasteiger partial charge in [-0.25, -0.2) is 9.18 Å². The van der Waals surface area contributed by atoms with Crippen molar-refractivity contribution in [2.24, 2.45) is 0 Å². The summed E-state index contributed by atoms with van der Waals surface area (Å²) >= 11 is 3.10. The number of phenolic OH excluding ortho intramolecular Hbond substituents is 1. The second-order valence-corrected chi connectivity index (χ2v) is 5.32. The first kappa shape index (κ1) is 15.3. The van der Waals surface area contributed by atoms with E-state index in [4.69, 9.17) is 0 Å². The maximum absolute atomic E-state index is 13.3. The Balaban J connectivity index is 1.88. The minimum atomic E-state index is -0.802. The van der Waals surface area contributed by atoms with E-state index in [9.17, 15) is 14.3 Å². The number of hydrogen-bond acceptors (Lipinski definition) is 2. The van der Waals surface area contributed by atoms with Crippen LogP contribution in [0.3, 0.4) is 0 Å². The van der Waals surface area contributed by atoms with E-state index >= 15 is 0 Å². The van der Waals surface area contributed by atoms with Crippen molar-refractivity contribution < 1.29 is 14.3 Å². The van der Waals surface area contributed by atoms with Crippen LogP contribution < -0.4 is 10.6 Å². The van der Waals surface area contributed by atoms with Crippen molar-refractivity contribution >= 4 is 27.6 Å². The topological polar surface area (TPSA) is 61.4 Å². The van der Waals surface area contributed by atoms with Crippen molar-refractivity contribution in [3.63, 3.8) is 0 Å². The van der Waals surface area contributed by atoms with Gasteiger partial charge in [0.1, 0.15) is 0 Å². The fraction of sp³-hybridized carbons (Fsp3) is 0.133. The lowest BCUT2D eigenvalue weighted by Crippen LogP contribution is -2.30. The number of nitrogens with one attached hydrogen (secondary N) is 2. The van der Waals surface area contributed by atoms with E-state index < -0.39 is 17.6 Å². The summed E-state index contributed by atoms with van der Waals surface area (Å²) in [5.41, 5.74) is 1.12. The summed E-state index contributed by atoms with van der Waals surface area (Å²) in [6.07, 6.45) is 0.688. The smallest absolute Gasteiger partial charge is 0.319 e. The number of carbonyl (C=O) groups excluding carboxylic acids is 1. The molecule has 0 fully saturated rings. The Morgan fingerprint density at radius 3 is 2.67 bits per heavy atom. The van der Waals surface area contributed by atoms with Gasteiger partial charge in [0, 0.05) is 11.0 Å². The van der Waals surface area contributed by atoms with Crippen LogP contribution in [0.1, 0.15) is 5.56 Å². The molecule has 0 saturated carbocycles. The highest BCUT2D eigenvalue weighted by molar-refractivity contribution is 9.10. The van der Waals surface area contributed by atoms with Gasteiger partial charge in [0.15, 0.2) is 11.6 Å². The number of anilines is 1. The molecule has 3 N–H and O–H groups in total. The number of halogens is 2. The zero-order chi connectivity index (χ0) is 15.2. The molecule has 0 aliphatic rings. The van der Waals surface area contributed by atoms with E-state index in [-0.39, 0.29) is 5.69 Å². The minimum absolute atomic E-state index is 0.0130. The molecule has 0 aliphatic carbocycles. The molecule has 2 aromatic rings. The Labute approximate surface area is 130 Å². The van der Waals surface area contributed by atoms with E-state index in [0.29, 0.717) is 17.4 Å². The number of aromatic hydroxyl groups is 1. The molecule has 0 radical (unpaired) electrons.